The summed E-state index contributed by atoms with van der Waals surface area (Å²) in [7, 11) is -2.28. The molecule has 1 heterocycles. The van der Waals surface area contributed by atoms with Gasteiger partial charge in [-0.3, -0.25) is 4.90 Å². The zero-order valence-electron chi connectivity index (χ0n) is 15.1. The van der Waals surface area contributed by atoms with E-state index in [1.165, 1.54) is 13.2 Å². The van der Waals surface area contributed by atoms with Gasteiger partial charge in [0.1, 0.15) is 10.6 Å². The molecule has 0 radical (unpaired) electrons. The third-order valence-electron chi connectivity index (χ3n) is 4.46. The molecule has 1 aliphatic rings. The molecule has 0 bridgehead atoms. The Morgan fingerprint density at radius 3 is 2.78 bits per heavy atom. The SMILES string of the molecule is COc1ccc(Cl)cc1S(=O)(=O)NCCN1CCOC(c2ccccc2)C1. The Balaban J connectivity index is 1.58. The number of morpholine rings is 1. The predicted octanol–water partition coefficient (Wildman–Crippen LogP) is 2.70. The van der Waals surface area contributed by atoms with Crippen LogP contribution in [0, 0.1) is 0 Å². The lowest BCUT2D eigenvalue weighted by molar-refractivity contribution is -0.0291. The van der Waals surface area contributed by atoms with Crippen molar-refractivity contribution in [3.8, 4) is 5.75 Å². The number of hydrogen-bond acceptors (Lipinski definition) is 5. The van der Waals surface area contributed by atoms with E-state index in [2.05, 4.69) is 9.62 Å². The first kappa shape index (κ1) is 20.1. The maximum atomic E-state index is 12.6. The van der Waals surface area contributed by atoms with Gasteiger partial charge in [0.2, 0.25) is 10.0 Å². The molecule has 27 heavy (non-hydrogen) atoms. The van der Waals surface area contributed by atoms with Gasteiger partial charge in [-0.1, -0.05) is 41.9 Å². The van der Waals surface area contributed by atoms with Crippen LogP contribution in [0.5, 0.6) is 5.75 Å². The molecule has 0 aliphatic carbocycles. The molecule has 8 heteroatoms. The van der Waals surface area contributed by atoms with Crippen molar-refractivity contribution in [1.82, 2.24) is 9.62 Å². The van der Waals surface area contributed by atoms with E-state index in [1.54, 1.807) is 12.1 Å². The highest BCUT2D eigenvalue weighted by Gasteiger charge is 2.23. The van der Waals surface area contributed by atoms with Crippen LogP contribution in [0.2, 0.25) is 5.02 Å². The minimum atomic E-state index is -3.71. The Bertz CT molecular complexity index is 861. The maximum absolute atomic E-state index is 12.6. The monoisotopic (exact) mass is 410 g/mol. The molecule has 0 saturated carbocycles. The highest BCUT2D eigenvalue weighted by atomic mass is 35.5. The van der Waals surface area contributed by atoms with E-state index in [-0.39, 0.29) is 16.7 Å². The summed E-state index contributed by atoms with van der Waals surface area (Å²) in [4.78, 5) is 2.24. The molecule has 1 atom stereocenters. The molecule has 2 aromatic rings. The fraction of sp³-hybridized carbons (Fsp3) is 0.368. The first-order chi connectivity index (χ1) is 13.0. The molecule has 1 unspecified atom stereocenters. The van der Waals surface area contributed by atoms with Crippen molar-refractivity contribution in [3.05, 3.63) is 59.1 Å². The molecular formula is C19H23ClN2O4S. The van der Waals surface area contributed by atoms with Gasteiger partial charge in [0.15, 0.2) is 0 Å². The summed E-state index contributed by atoms with van der Waals surface area (Å²) >= 11 is 5.94. The lowest BCUT2D eigenvalue weighted by Gasteiger charge is -2.33. The quantitative estimate of drug-likeness (QED) is 0.760. The number of nitrogens with one attached hydrogen (secondary N) is 1. The lowest BCUT2D eigenvalue weighted by atomic mass is 10.1. The van der Waals surface area contributed by atoms with Gasteiger partial charge in [0.25, 0.3) is 0 Å². The summed E-state index contributed by atoms with van der Waals surface area (Å²) in [5, 5.41) is 0.343. The number of hydrogen-bond donors (Lipinski definition) is 1. The molecule has 0 spiro atoms. The molecule has 1 saturated heterocycles. The summed E-state index contributed by atoms with van der Waals surface area (Å²) in [6, 6.07) is 14.6. The topological polar surface area (TPSA) is 67.9 Å². The van der Waals surface area contributed by atoms with Crippen LogP contribution >= 0.6 is 11.6 Å². The van der Waals surface area contributed by atoms with Crippen LogP contribution < -0.4 is 9.46 Å². The maximum Gasteiger partial charge on any atom is 0.244 e. The van der Waals surface area contributed by atoms with E-state index in [0.29, 0.717) is 24.7 Å². The highest BCUT2D eigenvalue weighted by Crippen LogP contribution is 2.27. The van der Waals surface area contributed by atoms with Crippen molar-refractivity contribution in [2.24, 2.45) is 0 Å². The van der Waals surface area contributed by atoms with Gasteiger partial charge in [-0.2, -0.15) is 0 Å². The summed E-state index contributed by atoms with van der Waals surface area (Å²) in [6.07, 6.45) is 0.00424. The lowest BCUT2D eigenvalue weighted by Crippen LogP contribution is -2.42. The second-order valence-electron chi connectivity index (χ2n) is 6.26. The number of rotatable bonds is 7. The molecule has 0 aromatic heterocycles. The fourth-order valence-electron chi connectivity index (χ4n) is 3.05. The third-order valence-corrected chi connectivity index (χ3v) is 6.17. The highest BCUT2D eigenvalue weighted by molar-refractivity contribution is 7.89. The number of halogens is 1. The van der Waals surface area contributed by atoms with E-state index in [4.69, 9.17) is 21.1 Å². The standard InChI is InChI=1S/C19H23ClN2O4S/c1-25-17-8-7-16(20)13-19(17)27(23,24)21-9-10-22-11-12-26-18(14-22)15-5-3-2-4-6-15/h2-8,13,18,21H,9-12,14H2,1H3. The van der Waals surface area contributed by atoms with Gasteiger partial charge in [-0.25, -0.2) is 13.1 Å². The van der Waals surface area contributed by atoms with E-state index < -0.39 is 10.0 Å². The van der Waals surface area contributed by atoms with Crippen LogP contribution in [-0.4, -0.2) is 53.2 Å². The molecular weight excluding hydrogens is 388 g/mol. The van der Waals surface area contributed by atoms with Gasteiger partial charge in [0, 0.05) is 31.2 Å². The Morgan fingerprint density at radius 2 is 2.04 bits per heavy atom. The second kappa shape index (κ2) is 9.03. The average molecular weight is 411 g/mol. The average Bonchev–Trinajstić information content (AvgIpc) is 2.69. The largest absolute Gasteiger partial charge is 0.495 e. The van der Waals surface area contributed by atoms with Crippen LogP contribution in [0.1, 0.15) is 11.7 Å². The van der Waals surface area contributed by atoms with Crippen molar-refractivity contribution in [1.29, 1.82) is 0 Å². The van der Waals surface area contributed by atoms with Crippen LogP contribution in [0.25, 0.3) is 0 Å². The molecule has 1 N–H and O–H groups in total. The van der Waals surface area contributed by atoms with E-state index >= 15 is 0 Å². The predicted molar refractivity (Wildman–Crippen MR) is 105 cm³/mol. The van der Waals surface area contributed by atoms with Crippen LogP contribution in [0.3, 0.4) is 0 Å². The van der Waals surface area contributed by atoms with Crippen LogP contribution in [0.4, 0.5) is 0 Å². The Morgan fingerprint density at radius 1 is 1.26 bits per heavy atom. The minimum Gasteiger partial charge on any atom is -0.495 e. The minimum absolute atomic E-state index is 0.00424. The number of methoxy groups -OCH3 is 1. The smallest absolute Gasteiger partial charge is 0.244 e. The fourth-order valence-corrected chi connectivity index (χ4v) is 4.50. The Hall–Kier alpha value is -1.64. The van der Waals surface area contributed by atoms with Crippen molar-refractivity contribution < 1.29 is 17.9 Å². The number of sulfonamides is 1. The Labute approximate surface area is 165 Å². The summed E-state index contributed by atoms with van der Waals surface area (Å²) < 4.78 is 38.8. The van der Waals surface area contributed by atoms with Gasteiger partial charge in [0.05, 0.1) is 19.8 Å². The van der Waals surface area contributed by atoms with Crippen molar-refractivity contribution >= 4 is 21.6 Å². The van der Waals surface area contributed by atoms with E-state index in [1.807, 2.05) is 30.3 Å². The first-order valence-electron chi connectivity index (χ1n) is 8.72. The number of benzene rings is 2. The normalized spacial score (nSPS) is 18.4. The third kappa shape index (κ3) is 5.21. The zero-order chi connectivity index (χ0) is 19.3. The molecule has 0 amide bonds. The van der Waals surface area contributed by atoms with Gasteiger partial charge in [-0.15, -0.1) is 0 Å². The van der Waals surface area contributed by atoms with Crippen molar-refractivity contribution in [2.75, 3.05) is 39.9 Å². The second-order valence-corrected chi connectivity index (χ2v) is 8.44. The van der Waals surface area contributed by atoms with Crippen molar-refractivity contribution in [2.45, 2.75) is 11.0 Å². The molecule has 6 nitrogen and oxygen atoms in total. The first-order valence-corrected chi connectivity index (χ1v) is 10.6. The van der Waals surface area contributed by atoms with E-state index in [0.717, 1.165) is 18.7 Å². The Kier molecular flexibility index (Phi) is 6.73. The molecule has 146 valence electrons. The molecule has 1 aliphatic heterocycles. The molecule has 2 aromatic carbocycles. The van der Waals surface area contributed by atoms with Crippen LogP contribution in [-0.2, 0) is 14.8 Å². The number of nitrogens with zero attached hydrogens (tertiary/aromatic N) is 1. The van der Waals surface area contributed by atoms with Gasteiger partial charge in [-0.05, 0) is 23.8 Å². The van der Waals surface area contributed by atoms with E-state index in [9.17, 15) is 8.42 Å². The molecule has 3 rings (SSSR count). The van der Waals surface area contributed by atoms with Gasteiger partial charge >= 0.3 is 0 Å². The summed E-state index contributed by atoms with van der Waals surface area (Å²) in [5.41, 5.74) is 1.13. The summed E-state index contributed by atoms with van der Waals surface area (Å²) in [6.45, 7) is 3.00. The zero-order valence-corrected chi connectivity index (χ0v) is 16.7. The van der Waals surface area contributed by atoms with Gasteiger partial charge < -0.3 is 9.47 Å². The van der Waals surface area contributed by atoms with Crippen molar-refractivity contribution in [3.63, 3.8) is 0 Å². The molecule has 1 fully saturated rings. The summed E-state index contributed by atoms with van der Waals surface area (Å²) in [5.74, 6) is 0.266. The number of ether oxygens (including phenoxy) is 2. The van der Waals surface area contributed by atoms with Crippen LogP contribution in [0.15, 0.2) is 53.4 Å².